The number of anilines is 1. The van der Waals surface area contributed by atoms with E-state index in [1.807, 2.05) is 73.9 Å². The Morgan fingerprint density at radius 3 is 2.48 bits per heavy atom. The van der Waals surface area contributed by atoms with Gasteiger partial charge in [-0.15, -0.1) is 10.2 Å². The highest BCUT2D eigenvalue weighted by molar-refractivity contribution is 7.99. The lowest BCUT2D eigenvalue weighted by molar-refractivity contribution is -0.122. The van der Waals surface area contributed by atoms with Crippen LogP contribution in [0, 0.1) is 6.92 Å². The van der Waals surface area contributed by atoms with Crippen LogP contribution in [0.3, 0.4) is 0 Å². The van der Waals surface area contributed by atoms with Gasteiger partial charge in [0.25, 0.3) is 0 Å². The second-order valence-corrected chi connectivity index (χ2v) is 7.93. The lowest BCUT2D eigenvalue weighted by atomic mass is 10.1. The quantitative estimate of drug-likeness (QED) is 0.499. The molecule has 2 amide bonds. The number of carbonyl (C=O) groups excluding carboxylic acids is 2. The summed E-state index contributed by atoms with van der Waals surface area (Å²) in [7, 11) is 0. The van der Waals surface area contributed by atoms with Gasteiger partial charge in [0.1, 0.15) is 0 Å². The van der Waals surface area contributed by atoms with E-state index < -0.39 is 0 Å². The topological polar surface area (TPSA) is 88.9 Å². The first kappa shape index (κ1) is 22.6. The molecule has 2 aromatic carbocycles. The molecule has 31 heavy (non-hydrogen) atoms. The highest BCUT2D eigenvalue weighted by Gasteiger charge is 2.16. The van der Waals surface area contributed by atoms with Crippen molar-refractivity contribution in [3.05, 3.63) is 59.7 Å². The van der Waals surface area contributed by atoms with E-state index in [0.29, 0.717) is 11.7 Å². The molecule has 0 saturated carbocycles. The number of aryl methyl sites for hydroxylation is 2. The van der Waals surface area contributed by atoms with E-state index in [9.17, 15) is 9.59 Å². The molecule has 2 N–H and O–H groups in total. The summed E-state index contributed by atoms with van der Waals surface area (Å²) in [5, 5.41) is 14.8. The molecule has 0 aliphatic rings. The van der Waals surface area contributed by atoms with E-state index in [-0.39, 0.29) is 24.1 Å². The molecular weight excluding hydrogens is 410 g/mol. The largest absolute Gasteiger partial charge is 0.346 e. The molecule has 0 unspecified atom stereocenters. The van der Waals surface area contributed by atoms with E-state index in [4.69, 9.17) is 0 Å². The van der Waals surface area contributed by atoms with Crippen LogP contribution in [0.1, 0.15) is 25.0 Å². The summed E-state index contributed by atoms with van der Waals surface area (Å²) in [6.45, 7) is 6.71. The molecule has 0 radical (unpaired) electrons. The van der Waals surface area contributed by atoms with Gasteiger partial charge in [-0.25, -0.2) is 0 Å². The molecule has 0 bridgehead atoms. The lowest BCUT2D eigenvalue weighted by Crippen LogP contribution is -2.34. The van der Waals surface area contributed by atoms with Crippen molar-refractivity contribution in [2.75, 3.05) is 17.6 Å². The van der Waals surface area contributed by atoms with Crippen molar-refractivity contribution in [1.82, 2.24) is 20.1 Å². The summed E-state index contributed by atoms with van der Waals surface area (Å²) >= 11 is 1.31. The minimum Gasteiger partial charge on any atom is -0.346 e. The maximum absolute atomic E-state index is 12.3. The van der Waals surface area contributed by atoms with Gasteiger partial charge in [-0.2, -0.15) is 0 Å². The van der Waals surface area contributed by atoms with E-state index >= 15 is 0 Å². The zero-order chi connectivity index (χ0) is 22.2. The number of amides is 2. The number of carbonyl (C=O) groups is 2. The van der Waals surface area contributed by atoms with Crippen LogP contribution < -0.4 is 10.6 Å². The maximum Gasteiger partial charge on any atom is 0.243 e. The molecule has 7 nitrogen and oxygen atoms in total. The van der Waals surface area contributed by atoms with Crippen LogP contribution in [0.2, 0.25) is 0 Å². The maximum atomic E-state index is 12.3. The fourth-order valence-electron chi connectivity index (χ4n) is 3.21. The zero-order valence-electron chi connectivity index (χ0n) is 18.0. The molecule has 0 atom stereocenters. The van der Waals surface area contributed by atoms with Gasteiger partial charge in [-0.05, 0) is 37.5 Å². The molecule has 8 heteroatoms. The summed E-state index contributed by atoms with van der Waals surface area (Å²) in [5.41, 5.74) is 3.98. The Morgan fingerprint density at radius 2 is 1.74 bits per heavy atom. The van der Waals surface area contributed by atoms with Crippen molar-refractivity contribution >= 4 is 29.3 Å². The predicted molar refractivity (Wildman–Crippen MR) is 124 cm³/mol. The number of benzene rings is 2. The molecular formula is C23H27N5O2S. The first-order valence-electron chi connectivity index (χ1n) is 10.3. The first-order chi connectivity index (χ1) is 15.0. The Labute approximate surface area is 186 Å². The van der Waals surface area contributed by atoms with Gasteiger partial charge in [0.2, 0.25) is 11.8 Å². The Morgan fingerprint density at radius 1 is 1.00 bits per heavy atom. The third-order valence-electron chi connectivity index (χ3n) is 4.87. The summed E-state index contributed by atoms with van der Waals surface area (Å²) in [4.78, 5) is 24.5. The SMILES string of the molecule is CCc1ccccc1NC(=O)CNC(=O)CSc1nnc(-c2ccccc2C)n1CC. The van der Waals surface area contributed by atoms with Crippen molar-refractivity contribution in [3.63, 3.8) is 0 Å². The Bertz CT molecular complexity index is 1060. The number of aromatic nitrogens is 3. The molecule has 1 heterocycles. The summed E-state index contributed by atoms with van der Waals surface area (Å²) in [6.07, 6.45) is 0.821. The summed E-state index contributed by atoms with van der Waals surface area (Å²) in [6, 6.07) is 15.7. The van der Waals surface area contributed by atoms with E-state index in [0.717, 1.165) is 34.6 Å². The molecule has 3 rings (SSSR count). The third-order valence-corrected chi connectivity index (χ3v) is 5.84. The molecule has 3 aromatic rings. The molecule has 162 valence electrons. The molecule has 0 aliphatic carbocycles. The van der Waals surface area contributed by atoms with E-state index in [1.54, 1.807) is 0 Å². The van der Waals surface area contributed by atoms with Crippen molar-refractivity contribution in [1.29, 1.82) is 0 Å². The Kier molecular flexibility index (Phi) is 7.83. The fraction of sp³-hybridized carbons (Fsp3) is 0.304. The molecule has 0 spiro atoms. The third kappa shape index (κ3) is 5.73. The number of nitrogens with one attached hydrogen (secondary N) is 2. The van der Waals surface area contributed by atoms with Crippen molar-refractivity contribution in [2.45, 2.75) is 38.9 Å². The second-order valence-electron chi connectivity index (χ2n) is 6.99. The van der Waals surface area contributed by atoms with Gasteiger partial charge >= 0.3 is 0 Å². The minimum absolute atomic E-state index is 0.0770. The summed E-state index contributed by atoms with van der Waals surface area (Å²) in [5.74, 6) is 0.465. The number of rotatable bonds is 9. The van der Waals surface area contributed by atoms with Crippen molar-refractivity contribution in [2.24, 2.45) is 0 Å². The zero-order valence-corrected chi connectivity index (χ0v) is 18.8. The van der Waals surface area contributed by atoms with Crippen LogP contribution in [0.5, 0.6) is 0 Å². The normalized spacial score (nSPS) is 10.7. The van der Waals surface area contributed by atoms with Gasteiger partial charge in [0.05, 0.1) is 12.3 Å². The van der Waals surface area contributed by atoms with Gasteiger partial charge in [-0.3, -0.25) is 9.59 Å². The van der Waals surface area contributed by atoms with Gasteiger partial charge in [-0.1, -0.05) is 61.2 Å². The Hall–Kier alpha value is -3.13. The molecule has 0 saturated heterocycles. The average molecular weight is 438 g/mol. The van der Waals surface area contributed by atoms with Gasteiger partial charge < -0.3 is 15.2 Å². The summed E-state index contributed by atoms with van der Waals surface area (Å²) < 4.78 is 1.99. The van der Waals surface area contributed by atoms with Crippen LogP contribution in [-0.2, 0) is 22.6 Å². The average Bonchev–Trinajstić information content (AvgIpc) is 3.19. The number of hydrogen-bond acceptors (Lipinski definition) is 5. The van der Waals surface area contributed by atoms with Crippen molar-refractivity contribution < 1.29 is 9.59 Å². The monoisotopic (exact) mass is 437 g/mol. The minimum atomic E-state index is -0.252. The lowest BCUT2D eigenvalue weighted by Gasteiger charge is -2.11. The van der Waals surface area contributed by atoms with Gasteiger partial charge in [0.15, 0.2) is 11.0 Å². The van der Waals surface area contributed by atoms with E-state index in [2.05, 4.69) is 20.8 Å². The number of para-hydroxylation sites is 1. The number of nitrogens with zero attached hydrogens (tertiary/aromatic N) is 3. The number of hydrogen-bond donors (Lipinski definition) is 2. The van der Waals surface area contributed by atoms with Crippen LogP contribution >= 0.6 is 11.8 Å². The van der Waals surface area contributed by atoms with Gasteiger partial charge in [0, 0.05) is 17.8 Å². The molecule has 1 aromatic heterocycles. The van der Waals surface area contributed by atoms with Crippen molar-refractivity contribution in [3.8, 4) is 11.4 Å². The van der Waals surface area contributed by atoms with E-state index in [1.165, 1.54) is 11.8 Å². The highest BCUT2D eigenvalue weighted by Crippen LogP contribution is 2.26. The molecule has 0 aliphatic heterocycles. The Balaban J connectivity index is 1.54. The smallest absolute Gasteiger partial charge is 0.243 e. The molecule has 0 fully saturated rings. The van der Waals surface area contributed by atoms with Crippen LogP contribution in [-0.4, -0.2) is 38.9 Å². The second kappa shape index (κ2) is 10.8. The first-order valence-corrected chi connectivity index (χ1v) is 11.3. The van der Waals surface area contributed by atoms with Crippen LogP contribution in [0.4, 0.5) is 5.69 Å². The van der Waals surface area contributed by atoms with Crippen LogP contribution in [0.15, 0.2) is 53.7 Å². The number of thioether (sulfide) groups is 1. The fourth-order valence-corrected chi connectivity index (χ4v) is 4.04. The standard InChI is InChI=1S/C23H27N5O2S/c1-4-17-11-7-9-13-19(17)25-20(29)14-24-21(30)15-31-23-27-26-22(28(23)5-2)18-12-8-6-10-16(18)3/h6-13H,4-5,14-15H2,1-3H3,(H,24,30)(H,25,29). The highest BCUT2D eigenvalue weighted by atomic mass is 32.2. The van der Waals surface area contributed by atoms with Crippen LogP contribution in [0.25, 0.3) is 11.4 Å². The predicted octanol–water partition coefficient (Wildman–Crippen LogP) is 3.68.